The number of aryl methyl sites for hydroxylation is 1. The number of benzene rings is 1. The number of hydrogen-bond acceptors (Lipinski definition) is 5. The Morgan fingerprint density at radius 1 is 1.23 bits per heavy atom. The number of carbonyl (C=O) groups is 1. The molecule has 1 aliphatic heterocycles. The molecule has 2 aromatic heterocycles. The zero-order valence-electron chi connectivity index (χ0n) is 14.8. The van der Waals surface area contributed by atoms with Gasteiger partial charge in [0.2, 0.25) is 0 Å². The molecule has 8 nitrogen and oxygen atoms in total. The smallest absolute Gasteiger partial charge is 0.317 e. The van der Waals surface area contributed by atoms with Gasteiger partial charge in [-0.1, -0.05) is 12.1 Å². The molecule has 0 unspecified atom stereocenters. The van der Waals surface area contributed by atoms with Crippen molar-refractivity contribution in [1.29, 1.82) is 0 Å². The molecule has 1 saturated heterocycles. The molecule has 0 bridgehead atoms. The first-order valence-corrected chi connectivity index (χ1v) is 8.80. The number of anilines is 1. The number of para-hydroxylation sites is 2. The minimum atomic E-state index is -0.0221. The second-order valence-corrected chi connectivity index (χ2v) is 6.44. The molecule has 136 valence electrons. The largest absolute Gasteiger partial charge is 0.423 e. The van der Waals surface area contributed by atoms with E-state index in [2.05, 4.69) is 20.3 Å². The number of nitrogens with zero attached hydrogens (tertiary/aromatic N) is 5. The number of hydrogen-bond donors (Lipinski definition) is 1. The van der Waals surface area contributed by atoms with E-state index in [0.717, 1.165) is 23.1 Å². The predicted octanol–water partition coefficient (Wildman–Crippen LogP) is 1.64. The van der Waals surface area contributed by atoms with Crippen LogP contribution in [0.3, 0.4) is 0 Å². The molecule has 1 N–H and O–H groups in total. The van der Waals surface area contributed by atoms with E-state index in [1.54, 1.807) is 4.68 Å². The molecule has 26 heavy (non-hydrogen) atoms. The first-order valence-electron chi connectivity index (χ1n) is 8.80. The third-order valence-electron chi connectivity index (χ3n) is 4.57. The monoisotopic (exact) mass is 354 g/mol. The van der Waals surface area contributed by atoms with Crippen molar-refractivity contribution in [3.05, 3.63) is 42.2 Å². The number of oxazole rings is 1. The Morgan fingerprint density at radius 2 is 2.04 bits per heavy atom. The van der Waals surface area contributed by atoms with Crippen molar-refractivity contribution in [3.63, 3.8) is 0 Å². The molecule has 1 aliphatic rings. The molecule has 0 aliphatic carbocycles. The van der Waals surface area contributed by atoms with E-state index >= 15 is 0 Å². The van der Waals surface area contributed by atoms with Crippen molar-refractivity contribution in [2.24, 2.45) is 7.05 Å². The summed E-state index contributed by atoms with van der Waals surface area (Å²) in [5, 5.41) is 7.11. The summed E-state index contributed by atoms with van der Waals surface area (Å²) in [6.45, 7) is 3.33. The zero-order valence-corrected chi connectivity index (χ0v) is 14.8. The van der Waals surface area contributed by atoms with Gasteiger partial charge in [0.15, 0.2) is 5.58 Å². The Morgan fingerprint density at radius 3 is 2.77 bits per heavy atom. The summed E-state index contributed by atoms with van der Waals surface area (Å²) in [7, 11) is 1.89. The van der Waals surface area contributed by atoms with Crippen LogP contribution in [0, 0.1) is 0 Å². The van der Waals surface area contributed by atoms with Gasteiger partial charge in [-0.15, -0.1) is 0 Å². The fourth-order valence-electron chi connectivity index (χ4n) is 3.12. The first-order chi connectivity index (χ1) is 12.7. The van der Waals surface area contributed by atoms with Crippen molar-refractivity contribution < 1.29 is 9.21 Å². The van der Waals surface area contributed by atoms with Crippen molar-refractivity contribution in [2.75, 3.05) is 37.6 Å². The summed E-state index contributed by atoms with van der Waals surface area (Å²) in [5.41, 5.74) is 2.77. The van der Waals surface area contributed by atoms with E-state index in [1.807, 2.05) is 48.6 Å². The van der Waals surface area contributed by atoms with E-state index < -0.39 is 0 Å². The minimum absolute atomic E-state index is 0.0221. The highest BCUT2D eigenvalue weighted by Gasteiger charge is 2.23. The van der Waals surface area contributed by atoms with Crippen LogP contribution in [-0.4, -0.2) is 58.4 Å². The highest BCUT2D eigenvalue weighted by Crippen LogP contribution is 2.22. The van der Waals surface area contributed by atoms with Gasteiger partial charge in [-0.2, -0.15) is 10.1 Å². The van der Waals surface area contributed by atoms with Gasteiger partial charge in [0.25, 0.3) is 6.01 Å². The van der Waals surface area contributed by atoms with Crippen LogP contribution in [-0.2, 0) is 13.5 Å². The van der Waals surface area contributed by atoms with Gasteiger partial charge in [0.1, 0.15) is 5.52 Å². The number of aromatic nitrogens is 3. The summed E-state index contributed by atoms with van der Waals surface area (Å²) in [4.78, 5) is 20.8. The molecule has 8 heteroatoms. The zero-order chi connectivity index (χ0) is 17.9. The Labute approximate surface area is 151 Å². The Hall–Kier alpha value is -3.03. The summed E-state index contributed by atoms with van der Waals surface area (Å²) >= 11 is 0. The fraction of sp³-hybridized carbons (Fsp3) is 0.389. The van der Waals surface area contributed by atoms with Crippen LogP contribution >= 0.6 is 0 Å². The lowest BCUT2D eigenvalue weighted by Gasteiger charge is -2.33. The molecule has 0 spiro atoms. The van der Waals surface area contributed by atoms with Crippen LogP contribution in [0.4, 0.5) is 10.8 Å². The molecular formula is C18H22N6O2. The van der Waals surface area contributed by atoms with E-state index in [-0.39, 0.29) is 6.03 Å². The summed E-state index contributed by atoms with van der Waals surface area (Å²) in [5.74, 6) is 0. The van der Waals surface area contributed by atoms with Crippen molar-refractivity contribution in [2.45, 2.75) is 6.42 Å². The third-order valence-corrected chi connectivity index (χ3v) is 4.57. The van der Waals surface area contributed by atoms with Crippen LogP contribution in [0.2, 0.25) is 0 Å². The highest BCUT2D eigenvalue weighted by atomic mass is 16.4. The number of fused-ring (bicyclic) bond motifs is 1. The van der Waals surface area contributed by atoms with E-state index in [1.165, 1.54) is 0 Å². The number of nitrogens with one attached hydrogen (secondary N) is 1. The topological polar surface area (TPSA) is 79.4 Å². The van der Waals surface area contributed by atoms with E-state index in [0.29, 0.717) is 38.7 Å². The lowest BCUT2D eigenvalue weighted by molar-refractivity contribution is 0.193. The van der Waals surface area contributed by atoms with Crippen LogP contribution in [0.5, 0.6) is 0 Å². The number of rotatable bonds is 4. The van der Waals surface area contributed by atoms with Crippen LogP contribution < -0.4 is 10.2 Å². The normalized spacial score (nSPS) is 14.8. The van der Waals surface area contributed by atoms with Gasteiger partial charge in [0, 0.05) is 46.0 Å². The number of piperazine rings is 1. The van der Waals surface area contributed by atoms with Crippen LogP contribution in [0.15, 0.2) is 41.1 Å². The van der Waals surface area contributed by atoms with Gasteiger partial charge in [-0.25, -0.2) is 4.79 Å². The quantitative estimate of drug-likeness (QED) is 0.770. The average molecular weight is 354 g/mol. The molecule has 2 amide bonds. The lowest BCUT2D eigenvalue weighted by Crippen LogP contribution is -2.52. The van der Waals surface area contributed by atoms with Gasteiger partial charge >= 0.3 is 6.03 Å². The molecular weight excluding hydrogens is 332 g/mol. The maximum Gasteiger partial charge on any atom is 0.317 e. The number of amides is 2. The second-order valence-electron chi connectivity index (χ2n) is 6.44. The van der Waals surface area contributed by atoms with Gasteiger partial charge in [0.05, 0.1) is 6.20 Å². The molecule has 0 saturated carbocycles. The highest BCUT2D eigenvalue weighted by molar-refractivity contribution is 5.75. The third kappa shape index (κ3) is 3.49. The first kappa shape index (κ1) is 16.4. The van der Waals surface area contributed by atoms with Crippen molar-refractivity contribution in [1.82, 2.24) is 25.0 Å². The molecule has 0 radical (unpaired) electrons. The molecule has 0 atom stereocenters. The Bertz CT molecular complexity index is 861. The van der Waals surface area contributed by atoms with Crippen LogP contribution in [0.1, 0.15) is 5.56 Å². The maximum atomic E-state index is 12.3. The van der Waals surface area contributed by atoms with Crippen molar-refractivity contribution >= 4 is 23.1 Å². The van der Waals surface area contributed by atoms with E-state index in [4.69, 9.17) is 4.42 Å². The summed E-state index contributed by atoms with van der Waals surface area (Å²) in [6.07, 6.45) is 4.57. The van der Waals surface area contributed by atoms with E-state index in [9.17, 15) is 4.79 Å². The molecule has 1 fully saturated rings. The second kappa shape index (κ2) is 7.07. The molecule has 3 heterocycles. The predicted molar refractivity (Wildman–Crippen MR) is 98.1 cm³/mol. The molecule has 4 rings (SSSR count). The SMILES string of the molecule is Cn1cc(CCNC(=O)N2CCN(c3nc4ccccc4o3)CC2)cn1. The summed E-state index contributed by atoms with van der Waals surface area (Å²) in [6, 6.07) is 8.34. The average Bonchev–Trinajstić information content (AvgIpc) is 3.27. The molecule has 3 aromatic rings. The fourth-order valence-corrected chi connectivity index (χ4v) is 3.12. The van der Waals surface area contributed by atoms with Gasteiger partial charge < -0.3 is 19.5 Å². The number of carbonyl (C=O) groups excluding carboxylic acids is 1. The maximum absolute atomic E-state index is 12.3. The number of urea groups is 1. The Balaban J connectivity index is 1.26. The lowest BCUT2D eigenvalue weighted by atomic mass is 10.2. The van der Waals surface area contributed by atoms with Gasteiger partial charge in [-0.3, -0.25) is 4.68 Å². The van der Waals surface area contributed by atoms with Crippen molar-refractivity contribution in [3.8, 4) is 0 Å². The van der Waals surface area contributed by atoms with Crippen LogP contribution in [0.25, 0.3) is 11.1 Å². The standard InChI is InChI=1S/C18H22N6O2/c1-22-13-14(12-20-22)6-7-19-17(25)23-8-10-24(11-9-23)18-21-15-4-2-3-5-16(15)26-18/h2-5,12-13H,6-11H2,1H3,(H,19,25). The Kier molecular flexibility index (Phi) is 4.47. The minimum Gasteiger partial charge on any atom is -0.423 e. The molecule has 1 aromatic carbocycles. The summed E-state index contributed by atoms with van der Waals surface area (Å²) < 4.78 is 7.57. The van der Waals surface area contributed by atoms with Gasteiger partial charge in [-0.05, 0) is 24.1 Å².